The summed E-state index contributed by atoms with van der Waals surface area (Å²) >= 11 is 0. The van der Waals surface area contributed by atoms with Gasteiger partial charge in [-0.3, -0.25) is 14.5 Å². The molecule has 37 heavy (non-hydrogen) atoms. The van der Waals surface area contributed by atoms with E-state index in [0.29, 0.717) is 37.4 Å². The fraction of sp³-hybridized carbons (Fsp3) is 0.517. The number of hydrogen-bond donors (Lipinski definition) is 1. The highest BCUT2D eigenvalue weighted by molar-refractivity contribution is 5.76. The summed E-state index contributed by atoms with van der Waals surface area (Å²) in [5.41, 5.74) is 1.85. The van der Waals surface area contributed by atoms with Crippen LogP contribution in [0.25, 0.3) is 0 Å². The zero-order valence-electron chi connectivity index (χ0n) is 22.0. The quantitative estimate of drug-likeness (QED) is 0.443. The van der Waals surface area contributed by atoms with Crippen molar-refractivity contribution >= 4 is 11.9 Å². The summed E-state index contributed by atoms with van der Waals surface area (Å²) < 4.78 is 16.4. The Morgan fingerprint density at radius 2 is 1.70 bits per heavy atom. The lowest BCUT2D eigenvalue weighted by Crippen LogP contribution is -2.33. The fourth-order valence-electron chi connectivity index (χ4n) is 5.63. The molecule has 0 bridgehead atoms. The average molecular weight is 511 g/mol. The third-order valence-corrected chi connectivity index (χ3v) is 7.34. The van der Waals surface area contributed by atoms with E-state index in [1.54, 1.807) is 7.11 Å². The fourth-order valence-corrected chi connectivity index (χ4v) is 5.63. The summed E-state index contributed by atoms with van der Waals surface area (Å²) in [7, 11) is 1.62. The molecule has 1 amide bonds. The second-order valence-corrected chi connectivity index (χ2v) is 9.78. The molecule has 2 aromatic carbocycles. The van der Waals surface area contributed by atoms with E-state index in [1.807, 2.05) is 47.4 Å². The first kappa shape index (κ1) is 26.8. The van der Waals surface area contributed by atoms with Crippen LogP contribution in [0.1, 0.15) is 62.6 Å². The maximum Gasteiger partial charge on any atom is 0.309 e. The van der Waals surface area contributed by atoms with E-state index < -0.39 is 11.9 Å². The number of ether oxygens (including phenoxy) is 3. The van der Waals surface area contributed by atoms with Gasteiger partial charge in [-0.1, -0.05) is 32.0 Å². The van der Waals surface area contributed by atoms with Crippen molar-refractivity contribution in [2.24, 2.45) is 5.92 Å². The highest BCUT2D eigenvalue weighted by Gasteiger charge is 2.47. The summed E-state index contributed by atoms with van der Waals surface area (Å²) in [6.45, 7) is 7.11. The number of fused-ring (bicyclic) bond motifs is 1. The summed E-state index contributed by atoms with van der Waals surface area (Å²) in [5, 5.41) is 10.4. The molecular formula is C29H38N2O6. The van der Waals surface area contributed by atoms with Crippen molar-refractivity contribution in [3.63, 3.8) is 0 Å². The first-order valence-electron chi connectivity index (χ1n) is 13.2. The van der Waals surface area contributed by atoms with E-state index in [-0.39, 0.29) is 24.7 Å². The molecular weight excluding hydrogens is 472 g/mol. The number of hydrogen-bond acceptors (Lipinski definition) is 6. The van der Waals surface area contributed by atoms with E-state index in [4.69, 9.17) is 14.2 Å². The number of aliphatic carboxylic acids is 1. The van der Waals surface area contributed by atoms with Crippen molar-refractivity contribution in [2.75, 3.05) is 40.1 Å². The predicted molar refractivity (Wildman–Crippen MR) is 140 cm³/mol. The SMILES string of the molecule is CCCN(CCC)C(=O)CCCN1CC(c2ccc3c(c2)OCO3)C(C(=O)O)C1c1ccc(OC)cc1. The number of carboxylic acid groups (broad SMARTS) is 1. The average Bonchev–Trinajstić information content (AvgIpc) is 3.53. The van der Waals surface area contributed by atoms with Gasteiger partial charge in [0.15, 0.2) is 11.5 Å². The van der Waals surface area contributed by atoms with Gasteiger partial charge in [-0.05, 0) is 61.2 Å². The lowest BCUT2D eigenvalue weighted by atomic mass is 9.82. The van der Waals surface area contributed by atoms with Crippen molar-refractivity contribution in [3.05, 3.63) is 53.6 Å². The molecule has 4 rings (SSSR count). The number of carbonyl (C=O) groups is 2. The topological polar surface area (TPSA) is 88.5 Å². The van der Waals surface area contributed by atoms with Gasteiger partial charge in [-0.2, -0.15) is 0 Å². The molecule has 1 N–H and O–H groups in total. The number of methoxy groups -OCH3 is 1. The van der Waals surface area contributed by atoms with Gasteiger partial charge in [0.2, 0.25) is 12.7 Å². The second kappa shape index (κ2) is 12.3. The molecule has 8 nitrogen and oxygen atoms in total. The minimum atomic E-state index is -0.834. The maximum atomic E-state index is 12.9. The minimum Gasteiger partial charge on any atom is -0.497 e. The summed E-state index contributed by atoms with van der Waals surface area (Å²) in [6.07, 6.45) is 3.01. The van der Waals surface area contributed by atoms with Crippen molar-refractivity contribution in [1.29, 1.82) is 0 Å². The van der Waals surface area contributed by atoms with Crippen molar-refractivity contribution < 1.29 is 28.9 Å². The third kappa shape index (κ3) is 6.01. The number of nitrogens with zero attached hydrogens (tertiary/aromatic N) is 2. The van der Waals surface area contributed by atoms with Crippen LogP contribution in [0.2, 0.25) is 0 Å². The second-order valence-electron chi connectivity index (χ2n) is 9.78. The molecule has 8 heteroatoms. The minimum absolute atomic E-state index is 0.172. The highest BCUT2D eigenvalue weighted by atomic mass is 16.7. The summed E-state index contributed by atoms with van der Waals surface area (Å²) in [4.78, 5) is 29.8. The Morgan fingerprint density at radius 1 is 1.03 bits per heavy atom. The Morgan fingerprint density at radius 3 is 2.35 bits per heavy atom. The van der Waals surface area contributed by atoms with Crippen LogP contribution in [0.4, 0.5) is 0 Å². The van der Waals surface area contributed by atoms with E-state index in [9.17, 15) is 14.7 Å². The van der Waals surface area contributed by atoms with Gasteiger partial charge in [0.05, 0.1) is 13.0 Å². The molecule has 0 aliphatic carbocycles. The number of likely N-dealkylation sites (tertiary alicyclic amines) is 1. The predicted octanol–water partition coefficient (Wildman–Crippen LogP) is 4.69. The Labute approximate surface area is 219 Å². The molecule has 1 fully saturated rings. The van der Waals surface area contributed by atoms with Gasteiger partial charge in [0.1, 0.15) is 5.75 Å². The van der Waals surface area contributed by atoms with E-state index in [0.717, 1.165) is 42.8 Å². The lowest BCUT2D eigenvalue weighted by Gasteiger charge is -2.28. The van der Waals surface area contributed by atoms with Crippen LogP contribution in [0.3, 0.4) is 0 Å². The van der Waals surface area contributed by atoms with Gasteiger partial charge in [0.25, 0.3) is 0 Å². The van der Waals surface area contributed by atoms with Gasteiger partial charge >= 0.3 is 5.97 Å². The number of benzene rings is 2. The van der Waals surface area contributed by atoms with E-state index in [2.05, 4.69) is 18.7 Å². The first-order chi connectivity index (χ1) is 18.0. The monoisotopic (exact) mass is 510 g/mol. The van der Waals surface area contributed by atoms with E-state index in [1.165, 1.54) is 0 Å². The Bertz CT molecular complexity index is 1070. The molecule has 1 saturated heterocycles. The molecule has 0 aromatic heterocycles. The zero-order chi connectivity index (χ0) is 26.4. The van der Waals surface area contributed by atoms with Gasteiger partial charge < -0.3 is 24.2 Å². The normalized spacial score (nSPS) is 20.7. The third-order valence-electron chi connectivity index (χ3n) is 7.34. The first-order valence-corrected chi connectivity index (χ1v) is 13.2. The number of carboxylic acids is 1. The Balaban J connectivity index is 1.58. The standard InChI is InChI=1S/C29H38N2O6/c1-4-14-30(15-5-2)26(32)7-6-16-31-18-23(21-10-13-24-25(17-21)37-19-36-24)27(29(33)34)28(31)20-8-11-22(35-3)12-9-20/h8-13,17,23,27-28H,4-7,14-16,18-19H2,1-3H3,(H,33,34). The zero-order valence-corrected chi connectivity index (χ0v) is 22.0. The van der Waals surface area contributed by atoms with Gasteiger partial charge in [0, 0.05) is 38.0 Å². The van der Waals surface area contributed by atoms with Crippen LogP contribution in [0.5, 0.6) is 17.2 Å². The molecule has 2 aliphatic rings. The Hall–Kier alpha value is -3.26. The van der Waals surface area contributed by atoms with Crippen LogP contribution in [0.15, 0.2) is 42.5 Å². The van der Waals surface area contributed by atoms with E-state index >= 15 is 0 Å². The van der Waals surface area contributed by atoms with Crippen LogP contribution < -0.4 is 14.2 Å². The molecule has 3 unspecified atom stereocenters. The molecule has 2 aromatic rings. The Kier molecular flexibility index (Phi) is 8.92. The number of rotatable bonds is 12. The molecule has 2 aliphatic heterocycles. The maximum absolute atomic E-state index is 12.9. The molecule has 0 spiro atoms. The number of carbonyl (C=O) groups excluding carboxylic acids is 1. The van der Waals surface area contributed by atoms with Crippen LogP contribution in [-0.2, 0) is 9.59 Å². The van der Waals surface area contributed by atoms with Crippen molar-refractivity contribution in [2.45, 2.75) is 51.5 Å². The molecule has 3 atom stereocenters. The molecule has 200 valence electrons. The highest BCUT2D eigenvalue weighted by Crippen LogP contribution is 2.47. The summed E-state index contributed by atoms with van der Waals surface area (Å²) in [5.74, 6) is 0.515. The van der Waals surface area contributed by atoms with Crippen molar-refractivity contribution in [1.82, 2.24) is 9.80 Å². The van der Waals surface area contributed by atoms with Crippen LogP contribution in [-0.4, -0.2) is 66.9 Å². The lowest BCUT2D eigenvalue weighted by molar-refractivity contribution is -0.143. The van der Waals surface area contributed by atoms with Crippen molar-refractivity contribution in [3.8, 4) is 17.2 Å². The van der Waals surface area contributed by atoms with Gasteiger partial charge in [-0.15, -0.1) is 0 Å². The largest absolute Gasteiger partial charge is 0.497 e. The molecule has 0 saturated carbocycles. The smallest absolute Gasteiger partial charge is 0.309 e. The van der Waals surface area contributed by atoms with Gasteiger partial charge in [-0.25, -0.2) is 0 Å². The molecule has 2 heterocycles. The summed E-state index contributed by atoms with van der Waals surface area (Å²) in [6, 6.07) is 13.0. The van der Waals surface area contributed by atoms with Crippen LogP contribution in [0, 0.1) is 5.92 Å². The molecule has 0 radical (unpaired) electrons. The van der Waals surface area contributed by atoms with Crippen LogP contribution >= 0.6 is 0 Å². The number of amides is 1.